The van der Waals surface area contributed by atoms with Crippen molar-refractivity contribution >= 4 is 6.09 Å². The molecule has 0 aliphatic carbocycles. The van der Waals surface area contributed by atoms with Crippen molar-refractivity contribution in [2.75, 3.05) is 20.7 Å². The van der Waals surface area contributed by atoms with E-state index in [1.54, 1.807) is 14.1 Å². The van der Waals surface area contributed by atoms with Crippen molar-refractivity contribution in [2.24, 2.45) is 0 Å². The topological polar surface area (TPSA) is 29.5 Å². The first-order chi connectivity index (χ1) is 5.18. The van der Waals surface area contributed by atoms with E-state index in [-0.39, 0.29) is 6.09 Å². The Morgan fingerprint density at radius 3 is 2.55 bits per heavy atom. The molecule has 11 heavy (non-hydrogen) atoms. The van der Waals surface area contributed by atoms with Gasteiger partial charge in [-0.15, -0.1) is 0 Å². The lowest BCUT2D eigenvalue weighted by Gasteiger charge is -2.10. The van der Waals surface area contributed by atoms with E-state index < -0.39 is 0 Å². The van der Waals surface area contributed by atoms with Gasteiger partial charge in [0.25, 0.3) is 0 Å². The molecule has 0 saturated heterocycles. The summed E-state index contributed by atoms with van der Waals surface area (Å²) in [7, 11) is 3.34. The van der Waals surface area contributed by atoms with Crippen LogP contribution in [0.2, 0.25) is 0 Å². The normalized spacial score (nSPS) is 9.36. The zero-order valence-electron chi connectivity index (χ0n) is 7.30. The van der Waals surface area contributed by atoms with Gasteiger partial charge >= 0.3 is 6.09 Å². The predicted octanol–water partition coefficient (Wildman–Crippen LogP) is 1.69. The lowest BCUT2D eigenvalue weighted by molar-refractivity contribution is 0.117. The Morgan fingerprint density at radius 1 is 1.45 bits per heavy atom. The van der Waals surface area contributed by atoms with Crippen molar-refractivity contribution in [3.63, 3.8) is 0 Å². The molecule has 3 heteroatoms. The Balaban J connectivity index is 3.18. The molecular formula is C8H16NO2. The monoisotopic (exact) mass is 158 g/mol. The van der Waals surface area contributed by atoms with Crippen LogP contribution < -0.4 is 0 Å². The molecular weight excluding hydrogens is 142 g/mol. The summed E-state index contributed by atoms with van der Waals surface area (Å²) in [5.41, 5.74) is 0. The zero-order chi connectivity index (χ0) is 8.69. The summed E-state index contributed by atoms with van der Waals surface area (Å²) >= 11 is 0. The highest BCUT2D eigenvalue weighted by atomic mass is 16.6. The number of rotatable bonds is 4. The molecule has 0 atom stereocenters. The van der Waals surface area contributed by atoms with Gasteiger partial charge in [-0.2, -0.15) is 0 Å². The summed E-state index contributed by atoms with van der Waals surface area (Å²) in [6, 6.07) is 0. The van der Waals surface area contributed by atoms with E-state index in [2.05, 4.69) is 6.92 Å². The van der Waals surface area contributed by atoms with Gasteiger partial charge < -0.3 is 9.64 Å². The smallest absolute Gasteiger partial charge is 0.409 e. The van der Waals surface area contributed by atoms with Crippen LogP contribution in [0.5, 0.6) is 0 Å². The highest BCUT2D eigenvalue weighted by Crippen LogP contribution is 1.95. The van der Waals surface area contributed by atoms with Crippen molar-refractivity contribution in [1.29, 1.82) is 0 Å². The second kappa shape index (κ2) is 6.01. The highest BCUT2D eigenvalue weighted by molar-refractivity contribution is 5.66. The Bertz CT molecular complexity index is 113. The molecule has 0 aromatic carbocycles. The number of carbonyl (C=O) groups excluding carboxylic acids is 1. The Morgan fingerprint density at radius 2 is 2.09 bits per heavy atom. The minimum absolute atomic E-state index is 0.269. The van der Waals surface area contributed by atoms with Crippen molar-refractivity contribution in [1.82, 2.24) is 4.90 Å². The summed E-state index contributed by atoms with van der Waals surface area (Å²) in [4.78, 5) is 12.2. The SMILES string of the molecule is [CH2]CCCCOC(=O)N(C)C. The van der Waals surface area contributed by atoms with E-state index in [4.69, 9.17) is 4.74 Å². The molecule has 0 N–H and O–H groups in total. The summed E-state index contributed by atoms with van der Waals surface area (Å²) in [6.07, 6.45) is 2.55. The fourth-order valence-corrected chi connectivity index (χ4v) is 0.567. The van der Waals surface area contributed by atoms with E-state index in [1.807, 2.05) is 0 Å². The molecule has 0 fully saturated rings. The lowest BCUT2D eigenvalue weighted by Crippen LogP contribution is -2.23. The van der Waals surface area contributed by atoms with Crippen LogP contribution in [-0.4, -0.2) is 31.7 Å². The molecule has 0 aliphatic rings. The van der Waals surface area contributed by atoms with Gasteiger partial charge in [0, 0.05) is 14.1 Å². The van der Waals surface area contributed by atoms with E-state index in [0.29, 0.717) is 6.61 Å². The summed E-state index contributed by atoms with van der Waals surface area (Å²) < 4.78 is 4.86. The number of amides is 1. The van der Waals surface area contributed by atoms with Gasteiger partial charge in [0.1, 0.15) is 0 Å². The van der Waals surface area contributed by atoms with Gasteiger partial charge in [-0.3, -0.25) is 0 Å². The molecule has 0 heterocycles. The fourth-order valence-electron chi connectivity index (χ4n) is 0.567. The molecule has 65 valence electrons. The molecule has 1 radical (unpaired) electrons. The average molecular weight is 158 g/mol. The molecule has 0 aromatic heterocycles. The molecule has 0 saturated carbocycles. The van der Waals surface area contributed by atoms with Gasteiger partial charge in [-0.1, -0.05) is 19.8 Å². The van der Waals surface area contributed by atoms with E-state index in [0.717, 1.165) is 19.3 Å². The first kappa shape index (κ1) is 10.3. The van der Waals surface area contributed by atoms with Crippen LogP contribution in [-0.2, 0) is 4.74 Å². The van der Waals surface area contributed by atoms with Crippen LogP contribution in [0.4, 0.5) is 4.79 Å². The van der Waals surface area contributed by atoms with E-state index in [9.17, 15) is 4.79 Å². The Kier molecular flexibility index (Phi) is 5.61. The number of unbranched alkanes of at least 4 members (excludes halogenated alkanes) is 2. The van der Waals surface area contributed by atoms with Crippen LogP contribution in [0.1, 0.15) is 19.3 Å². The second-order valence-corrected chi connectivity index (χ2v) is 2.57. The maximum atomic E-state index is 10.8. The molecule has 0 spiro atoms. The van der Waals surface area contributed by atoms with Crippen molar-refractivity contribution in [3.8, 4) is 0 Å². The van der Waals surface area contributed by atoms with Crippen molar-refractivity contribution in [3.05, 3.63) is 6.92 Å². The quantitative estimate of drug-likeness (QED) is 0.583. The molecule has 0 aliphatic heterocycles. The highest BCUT2D eigenvalue weighted by Gasteiger charge is 2.02. The first-order valence-electron chi connectivity index (χ1n) is 3.81. The number of hydrogen-bond acceptors (Lipinski definition) is 2. The molecule has 0 unspecified atom stereocenters. The van der Waals surface area contributed by atoms with Crippen LogP contribution in [0.3, 0.4) is 0 Å². The maximum absolute atomic E-state index is 10.8. The molecule has 0 aromatic rings. The van der Waals surface area contributed by atoms with Gasteiger partial charge in [0.15, 0.2) is 0 Å². The van der Waals surface area contributed by atoms with Crippen LogP contribution in [0.25, 0.3) is 0 Å². The molecule has 0 rings (SSSR count). The first-order valence-corrected chi connectivity index (χ1v) is 3.81. The third-order valence-electron chi connectivity index (χ3n) is 1.24. The summed E-state index contributed by atoms with van der Waals surface area (Å²) in [5, 5.41) is 0. The van der Waals surface area contributed by atoms with Gasteiger partial charge in [-0.25, -0.2) is 4.79 Å². The van der Waals surface area contributed by atoms with Gasteiger partial charge in [0.2, 0.25) is 0 Å². The van der Waals surface area contributed by atoms with E-state index >= 15 is 0 Å². The Hall–Kier alpha value is -0.730. The number of hydrogen-bond donors (Lipinski definition) is 0. The third-order valence-corrected chi connectivity index (χ3v) is 1.24. The summed E-state index contributed by atoms with van der Waals surface area (Å²) in [5.74, 6) is 0. The van der Waals surface area contributed by atoms with Crippen molar-refractivity contribution in [2.45, 2.75) is 19.3 Å². The van der Waals surface area contributed by atoms with E-state index in [1.165, 1.54) is 4.90 Å². The standard InChI is InChI=1S/C8H16NO2/c1-4-5-6-7-11-8(10)9(2)3/h1,4-7H2,2-3H3. The molecule has 0 bridgehead atoms. The largest absolute Gasteiger partial charge is 0.449 e. The number of ether oxygens (including phenoxy) is 1. The Labute approximate surface area is 68.3 Å². The summed E-state index contributed by atoms with van der Waals surface area (Å²) in [6.45, 7) is 4.19. The van der Waals surface area contributed by atoms with Crippen LogP contribution in [0, 0.1) is 6.92 Å². The predicted molar refractivity (Wildman–Crippen MR) is 44.2 cm³/mol. The minimum Gasteiger partial charge on any atom is -0.449 e. The number of carbonyl (C=O) groups is 1. The van der Waals surface area contributed by atoms with Crippen LogP contribution in [0.15, 0.2) is 0 Å². The third kappa shape index (κ3) is 5.70. The second-order valence-electron chi connectivity index (χ2n) is 2.57. The molecule has 1 amide bonds. The fraction of sp³-hybridized carbons (Fsp3) is 0.750. The number of nitrogens with zero attached hydrogens (tertiary/aromatic N) is 1. The zero-order valence-corrected chi connectivity index (χ0v) is 7.30. The van der Waals surface area contributed by atoms with Gasteiger partial charge in [-0.05, 0) is 6.42 Å². The minimum atomic E-state index is -0.269. The van der Waals surface area contributed by atoms with Crippen LogP contribution >= 0.6 is 0 Å². The maximum Gasteiger partial charge on any atom is 0.409 e. The van der Waals surface area contributed by atoms with Gasteiger partial charge in [0.05, 0.1) is 6.61 Å². The average Bonchev–Trinajstić information content (AvgIpc) is 1.97. The lowest BCUT2D eigenvalue weighted by atomic mass is 10.3. The molecule has 3 nitrogen and oxygen atoms in total. The van der Waals surface area contributed by atoms with Crippen molar-refractivity contribution < 1.29 is 9.53 Å².